The van der Waals surface area contributed by atoms with Gasteiger partial charge in [-0.1, -0.05) is 119 Å². The molecule has 0 aromatic heterocycles. The molecule has 2 aliphatic carbocycles. The van der Waals surface area contributed by atoms with E-state index < -0.39 is 0 Å². The molecule has 0 amide bonds. The van der Waals surface area contributed by atoms with Gasteiger partial charge in [0.2, 0.25) is 0 Å². The Bertz CT molecular complexity index is 1540. The van der Waals surface area contributed by atoms with E-state index in [-0.39, 0.29) is 16.2 Å². The molecule has 2 aliphatic rings. The van der Waals surface area contributed by atoms with Gasteiger partial charge in [0.25, 0.3) is 0 Å². The Morgan fingerprint density at radius 3 is 1.89 bits per heavy atom. The topological polar surface area (TPSA) is 0 Å². The lowest BCUT2D eigenvalue weighted by Gasteiger charge is -2.41. The third-order valence-electron chi connectivity index (χ3n) is 8.87. The summed E-state index contributed by atoms with van der Waals surface area (Å²) < 4.78 is 0. The van der Waals surface area contributed by atoms with Crippen LogP contribution < -0.4 is 0 Å². The maximum atomic E-state index is 2.55. The smallest absolute Gasteiger partial charge is 0.0590 e. The van der Waals surface area contributed by atoms with Crippen molar-refractivity contribution in [3.63, 3.8) is 0 Å². The Hall–Kier alpha value is -3.12. The van der Waals surface area contributed by atoms with Gasteiger partial charge >= 0.3 is 0 Å². The monoisotopic (exact) mass is 470 g/mol. The quantitative estimate of drug-likeness (QED) is 0.229. The van der Waals surface area contributed by atoms with Crippen LogP contribution in [-0.4, -0.2) is 0 Å². The molecule has 4 aromatic rings. The average molecular weight is 471 g/mol. The lowest BCUT2D eigenvalue weighted by Crippen LogP contribution is -2.35. The molecule has 1 unspecified atom stereocenters. The van der Waals surface area contributed by atoms with E-state index in [1.54, 1.807) is 0 Å². The first-order chi connectivity index (χ1) is 16.9. The van der Waals surface area contributed by atoms with Crippen molar-refractivity contribution in [2.24, 2.45) is 0 Å². The molecule has 0 saturated heterocycles. The van der Waals surface area contributed by atoms with Crippen molar-refractivity contribution in [2.75, 3.05) is 0 Å². The van der Waals surface area contributed by atoms with Gasteiger partial charge in [0.1, 0.15) is 0 Å². The zero-order chi connectivity index (χ0) is 25.6. The van der Waals surface area contributed by atoms with Gasteiger partial charge in [-0.15, -0.1) is 0 Å². The van der Waals surface area contributed by atoms with Gasteiger partial charge in [0.05, 0.1) is 5.41 Å². The molecule has 1 atom stereocenters. The molecule has 0 heterocycles. The second-order valence-corrected chi connectivity index (χ2v) is 13.1. The van der Waals surface area contributed by atoms with Crippen molar-refractivity contribution in [1.29, 1.82) is 0 Å². The molecule has 0 saturated carbocycles. The van der Waals surface area contributed by atoms with Gasteiger partial charge in [-0.05, 0) is 93.7 Å². The standard InChI is InChI=1S/C36H38/c1-22-9-15-30(24(3)17-22)36-31-16-10-23(2)18-25(31)21-35(7,8)27-12-14-29(33(36)20-27)28-13-11-26(19-32(28)36)34(4,5)6/h9-20H,21H2,1-8H3. The van der Waals surface area contributed by atoms with Gasteiger partial charge in [0, 0.05) is 0 Å². The summed E-state index contributed by atoms with van der Waals surface area (Å²) in [6.45, 7) is 18.6. The summed E-state index contributed by atoms with van der Waals surface area (Å²) in [6, 6.07) is 29.0. The predicted molar refractivity (Wildman–Crippen MR) is 153 cm³/mol. The number of rotatable bonds is 1. The maximum absolute atomic E-state index is 2.55. The van der Waals surface area contributed by atoms with E-state index in [4.69, 9.17) is 0 Å². The molecular formula is C36H38. The minimum Gasteiger partial charge on any atom is -0.0590 e. The summed E-state index contributed by atoms with van der Waals surface area (Å²) in [6.07, 6.45) is 1.03. The SMILES string of the molecule is Cc1ccc(C23c4ccc(C)cc4CC(C)(C)c4ccc(c2c4)-c2ccc(C(C)(C)C)cc23)c(C)c1. The van der Waals surface area contributed by atoms with Crippen LogP contribution in [0.5, 0.6) is 0 Å². The average Bonchev–Trinajstić information content (AvgIpc) is 3.07. The Labute approximate surface area is 217 Å². The Morgan fingerprint density at radius 1 is 0.611 bits per heavy atom. The molecule has 182 valence electrons. The van der Waals surface area contributed by atoms with E-state index in [2.05, 4.69) is 128 Å². The van der Waals surface area contributed by atoms with Crippen LogP contribution in [0.2, 0.25) is 0 Å². The molecule has 36 heavy (non-hydrogen) atoms. The minimum atomic E-state index is -0.320. The van der Waals surface area contributed by atoms with E-state index in [1.807, 2.05) is 0 Å². The molecule has 6 rings (SSSR count). The number of hydrogen-bond donors (Lipinski definition) is 0. The van der Waals surface area contributed by atoms with Crippen LogP contribution >= 0.6 is 0 Å². The van der Waals surface area contributed by atoms with Gasteiger partial charge in [0.15, 0.2) is 0 Å². The fourth-order valence-corrected chi connectivity index (χ4v) is 6.98. The first kappa shape index (κ1) is 23.3. The van der Waals surface area contributed by atoms with Gasteiger partial charge in [-0.25, -0.2) is 0 Å². The zero-order valence-corrected chi connectivity index (χ0v) is 23.1. The summed E-state index contributed by atoms with van der Waals surface area (Å²) >= 11 is 0. The molecule has 0 N–H and O–H groups in total. The van der Waals surface area contributed by atoms with E-state index >= 15 is 0 Å². The Morgan fingerprint density at radius 2 is 1.22 bits per heavy atom. The second kappa shape index (κ2) is 7.45. The third-order valence-corrected chi connectivity index (χ3v) is 8.87. The zero-order valence-electron chi connectivity index (χ0n) is 23.1. The van der Waals surface area contributed by atoms with Gasteiger partial charge in [-0.3, -0.25) is 0 Å². The fraction of sp³-hybridized carbons (Fsp3) is 0.333. The molecule has 2 bridgehead atoms. The highest BCUT2D eigenvalue weighted by Crippen LogP contribution is 2.59. The number of benzene rings is 4. The van der Waals surface area contributed by atoms with Crippen molar-refractivity contribution in [1.82, 2.24) is 0 Å². The van der Waals surface area contributed by atoms with Crippen molar-refractivity contribution in [3.05, 3.63) is 128 Å². The molecular weight excluding hydrogens is 432 g/mol. The van der Waals surface area contributed by atoms with Gasteiger partial charge < -0.3 is 0 Å². The van der Waals surface area contributed by atoms with Crippen LogP contribution in [0.15, 0.2) is 72.8 Å². The second-order valence-electron chi connectivity index (χ2n) is 13.1. The summed E-state index contributed by atoms with van der Waals surface area (Å²) in [4.78, 5) is 0. The molecule has 0 fully saturated rings. The highest BCUT2D eigenvalue weighted by Gasteiger charge is 2.50. The van der Waals surface area contributed by atoms with Crippen LogP contribution in [0.4, 0.5) is 0 Å². The van der Waals surface area contributed by atoms with Crippen molar-refractivity contribution in [2.45, 2.75) is 78.1 Å². The number of aryl methyl sites for hydroxylation is 3. The summed E-state index contributed by atoms with van der Waals surface area (Å²) in [7, 11) is 0. The molecule has 0 nitrogen and oxygen atoms in total. The van der Waals surface area contributed by atoms with E-state index in [0.29, 0.717) is 0 Å². The Kier molecular flexibility index (Phi) is 4.82. The van der Waals surface area contributed by atoms with Crippen molar-refractivity contribution in [3.8, 4) is 11.1 Å². The van der Waals surface area contributed by atoms with Crippen molar-refractivity contribution >= 4 is 0 Å². The minimum absolute atomic E-state index is 0.0669. The maximum Gasteiger partial charge on any atom is 0.0718 e. The molecule has 0 spiro atoms. The molecule has 0 aliphatic heterocycles. The van der Waals surface area contributed by atoms with Crippen LogP contribution in [0, 0.1) is 20.8 Å². The van der Waals surface area contributed by atoms with E-state index in [0.717, 1.165) is 6.42 Å². The first-order valence-corrected chi connectivity index (χ1v) is 13.4. The van der Waals surface area contributed by atoms with Crippen LogP contribution in [0.1, 0.15) is 90.3 Å². The van der Waals surface area contributed by atoms with Crippen molar-refractivity contribution < 1.29 is 0 Å². The first-order valence-electron chi connectivity index (χ1n) is 13.4. The van der Waals surface area contributed by atoms with E-state index in [9.17, 15) is 0 Å². The molecule has 4 aromatic carbocycles. The summed E-state index contributed by atoms with van der Waals surface area (Å²) in [5.41, 5.74) is 16.7. The largest absolute Gasteiger partial charge is 0.0718 e. The Balaban J connectivity index is 1.86. The van der Waals surface area contributed by atoms with Crippen LogP contribution in [-0.2, 0) is 22.7 Å². The fourth-order valence-electron chi connectivity index (χ4n) is 6.98. The summed E-state index contributed by atoms with van der Waals surface area (Å²) in [5.74, 6) is 0. The van der Waals surface area contributed by atoms with Gasteiger partial charge in [-0.2, -0.15) is 0 Å². The lowest BCUT2D eigenvalue weighted by molar-refractivity contribution is 0.510. The normalized spacial score (nSPS) is 19.3. The third kappa shape index (κ3) is 3.13. The van der Waals surface area contributed by atoms with Crippen LogP contribution in [0.3, 0.4) is 0 Å². The van der Waals surface area contributed by atoms with Crippen LogP contribution in [0.25, 0.3) is 11.1 Å². The predicted octanol–water partition coefficient (Wildman–Crippen LogP) is 9.11. The molecule has 0 radical (unpaired) electrons. The molecule has 0 heteroatoms. The van der Waals surface area contributed by atoms with E-state index in [1.165, 1.54) is 66.8 Å². The number of hydrogen-bond acceptors (Lipinski definition) is 0. The number of fused-ring (bicyclic) bond motifs is 6. The lowest BCUT2D eigenvalue weighted by atomic mass is 9.61. The highest BCUT2D eigenvalue weighted by atomic mass is 14.5. The highest BCUT2D eigenvalue weighted by molar-refractivity contribution is 5.88. The summed E-state index contributed by atoms with van der Waals surface area (Å²) in [5, 5.41) is 0.